The molecule has 1 saturated heterocycles. The highest BCUT2D eigenvalue weighted by Crippen LogP contribution is 2.21. The van der Waals surface area contributed by atoms with Crippen molar-refractivity contribution in [1.82, 2.24) is 4.90 Å². The Kier molecular flexibility index (Phi) is 4.62. The summed E-state index contributed by atoms with van der Waals surface area (Å²) in [5.41, 5.74) is 1.50. The minimum atomic E-state index is 0.146. The minimum absolute atomic E-state index is 0.146. The number of anilines is 1. The molecule has 2 unspecified atom stereocenters. The van der Waals surface area contributed by atoms with E-state index in [9.17, 15) is 4.79 Å². The van der Waals surface area contributed by atoms with E-state index >= 15 is 0 Å². The molecule has 2 atom stereocenters. The molecule has 106 valence electrons. The molecule has 1 aliphatic heterocycles. The van der Waals surface area contributed by atoms with Crippen molar-refractivity contribution in [2.24, 2.45) is 11.8 Å². The maximum Gasteiger partial charge on any atom is 0.241 e. The van der Waals surface area contributed by atoms with E-state index in [4.69, 9.17) is 5.26 Å². The van der Waals surface area contributed by atoms with Crippen molar-refractivity contribution in [1.29, 1.82) is 5.26 Å². The predicted octanol–water partition coefficient (Wildman–Crippen LogP) is 2.47. The van der Waals surface area contributed by atoms with Crippen LogP contribution in [0, 0.1) is 23.2 Å². The number of nitriles is 1. The molecule has 20 heavy (non-hydrogen) atoms. The third-order valence-corrected chi connectivity index (χ3v) is 3.68. The molecule has 0 spiro atoms. The first-order valence-electron chi connectivity index (χ1n) is 7.10. The Balaban J connectivity index is 1.86. The topological polar surface area (TPSA) is 56.1 Å². The molecule has 1 N–H and O–H groups in total. The molecule has 1 aliphatic rings. The Bertz CT molecular complexity index is 493. The first kappa shape index (κ1) is 14.4. The number of carbonyl (C=O) groups is 1. The fraction of sp³-hybridized carbons (Fsp3) is 0.500. The summed E-state index contributed by atoms with van der Waals surface area (Å²) < 4.78 is 0. The fourth-order valence-corrected chi connectivity index (χ4v) is 2.82. The molecule has 2 rings (SSSR count). The SMILES string of the molecule is CC1CC(C)CN(C(=O)CNc2ccc(C#N)cc2)C1. The molecule has 0 radical (unpaired) electrons. The average molecular weight is 271 g/mol. The molecule has 0 aliphatic carbocycles. The first-order chi connectivity index (χ1) is 9.58. The number of rotatable bonds is 3. The van der Waals surface area contributed by atoms with E-state index in [0.717, 1.165) is 18.8 Å². The van der Waals surface area contributed by atoms with Gasteiger partial charge in [-0.25, -0.2) is 0 Å². The largest absolute Gasteiger partial charge is 0.376 e. The summed E-state index contributed by atoms with van der Waals surface area (Å²) in [5.74, 6) is 1.31. The Hall–Kier alpha value is -2.02. The quantitative estimate of drug-likeness (QED) is 0.918. The van der Waals surface area contributed by atoms with Crippen molar-refractivity contribution in [3.8, 4) is 6.07 Å². The van der Waals surface area contributed by atoms with Crippen LogP contribution < -0.4 is 5.32 Å². The summed E-state index contributed by atoms with van der Waals surface area (Å²) in [5, 5.41) is 11.9. The van der Waals surface area contributed by atoms with Crippen LogP contribution in [0.2, 0.25) is 0 Å². The van der Waals surface area contributed by atoms with Crippen molar-refractivity contribution in [3.05, 3.63) is 29.8 Å². The highest BCUT2D eigenvalue weighted by molar-refractivity contribution is 5.81. The highest BCUT2D eigenvalue weighted by Gasteiger charge is 2.24. The number of benzene rings is 1. The van der Waals surface area contributed by atoms with Gasteiger partial charge in [-0.3, -0.25) is 4.79 Å². The summed E-state index contributed by atoms with van der Waals surface area (Å²) >= 11 is 0. The third kappa shape index (κ3) is 3.74. The number of likely N-dealkylation sites (tertiary alicyclic amines) is 1. The second-order valence-electron chi connectivity index (χ2n) is 5.79. The molecular formula is C16H21N3O. The van der Waals surface area contributed by atoms with E-state index in [2.05, 4.69) is 25.2 Å². The number of hydrogen-bond donors (Lipinski definition) is 1. The zero-order chi connectivity index (χ0) is 14.5. The van der Waals surface area contributed by atoms with E-state index in [-0.39, 0.29) is 5.91 Å². The lowest BCUT2D eigenvalue weighted by molar-refractivity contribution is -0.131. The van der Waals surface area contributed by atoms with E-state index in [1.54, 1.807) is 12.1 Å². The maximum atomic E-state index is 12.2. The summed E-state index contributed by atoms with van der Waals surface area (Å²) in [4.78, 5) is 14.2. The number of piperidine rings is 1. The van der Waals surface area contributed by atoms with Crippen LogP contribution in [-0.4, -0.2) is 30.4 Å². The second kappa shape index (κ2) is 6.42. The number of nitrogens with zero attached hydrogens (tertiary/aromatic N) is 2. The molecule has 1 aromatic carbocycles. The molecule has 1 amide bonds. The highest BCUT2D eigenvalue weighted by atomic mass is 16.2. The van der Waals surface area contributed by atoms with E-state index < -0.39 is 0 Å². The van der Waals surface area contributed by atoms with Gasteiger partial charge in [0.1, 0.15) is 0 Å². The lowest BCUT2D eigenvalue weighted by atomic mass is 9.92. The van der Waals surface area contributed by atoms with Gasteiger partial charge < -0.3 is 10.2 Å². The van der Waals surface area contributed by atoms with E-state index in [0.29, 0.717) is 23.9 Å². The molecule has 4 nitrogen and oxygen atoms in total. The van der Waals surface area contributed by atoms with Crippen LogP contribution in [0.25, 0.3) is 0 Å². The van der Waals surface area contributed by atoms with Crippen LogP contribution in [-0.2, 0) is 4.79 Å². The van der Waals surface area contributed by atoms with Crippen molar-refractivity contribution < 1.29 is 4.79 Å². The maximum absolute atomic E-state index is 12.2. The van der Waals surface area contributed by atoms with Gasteiger partial charge >= 0.3 is 0 Å². The van der Waals surface area contributed by atoms with Crippen LogP contribution in [0.3, 0.4) is 0 Å². The summed E-state index contributed by atoms with van der Waals surface area (Å²) in [6.07, 6.45) is 1.20. The van der Waals surface area contributed by atoms with Gasteiger partial charge in [0.05, 0.1) is 18.2 Å². The molecule has 1 aromatic rings. The zero-order valence-corrected chi connectivity index (χ0v) is 12.1. The van der Waals surface area contributed by atoms with Crippen LogP contribution >= 0.6 is 0 Å². The van der Waals surface area contributed by atoms with Gasteiger partial charge in [0.15, 0.2) is 0 Å². The number of amides is 1. The zero-order valence-electron chi connectivity index (χ0n) is 12.1. The third-order valence-electron chi connectivity index (χ3n) is 3.68. The van der Waals surface area contributed by atoms with Crippen molar-refractivity contribution in [2.75, 3.05) is 25.0 Å². The van der Waals surface area contributed by atoms with Crippen LogP contribution in [0.5, 0.6) is 0 Å². The smallest absolute Gasteiger partial charge is 0.241 e. The molecular weight excluding hydrogens is 250 g/mol. The van der Waals surface area contributed by atoms with Crippen molar-refractivity contribution >= 4 is 11.6 Å². The fourth-order valence-electron chi connectivity index (χ4n) is 2.82. The van der Waals surface area contributed by atoms with Gasteiger partial charge in [-0.1, -0.05) is 13.8 Å². The number of nitrogens with one attached hydrogen (secondary N) is 1. The predicted molar refractivity (Wildman–Crippen MR) is 79.2 cm³/mol. The lowest BCUT2D eigenvalue weighted by Crippen LogP contribution is -2.44. The molecule has 0 aromatic heterocycles. The van der Waals surface area contributed by atoms with Gasteiger partial charge in [0.2, 0.25) is 5.91 Å². The van der Waals surface area contributed by atoms with Crippen LogP contribution in [0.15, 0.2) is 24.3 Å². The van der Waals surface area contributed by atoms with Crippen molar-refractivity contribution in [2.45, 2.75) is 20.3 Å². The summed E-state index contributed by atoms with van der Waals surface area (Å²) in [7, 11) is 0. The number of carbonyl (C=O) groups excluding carboxylic acids is 1. The standard InChI is InChI=1S/C16H21N3O/c1-12-7-13(2)11-19(10-12)16(20)9-18-15-5-3-14(8-17)4-6-15/h3-6,12-13,18H,7,9-11H2,1-2H3. The monoisotopic (exact) mass is 271 g/mol. The van der Waals surface area contributed by atoms with Gasteiger partial charge in [-0.05, 0) is 42.5 Å². The van der Waals surface area contributed by atoms with Gasteiger partial charge in [-0.15, -0.1) is 0 Å². The van der Waals surface area contributed by atoms with Crippen molar-refractivity contribution in [3.63, 3.8) is 0 Å². The van der Waals surface area contributed by atoms with E-state index in [1.807, 2.05) is 17.0 Å². The van der Waals surface area contributed by atoms with Crippen LogP contribution in [0.4, 0.5) is 5.69 Å². The molecule has 4 heteroatoms. The average Bonchev–Trinajstić information content (AvgIpc) is 2.44. The number of hydrogen-bond acceptors (Lipinski definition) is 3. The van der Waals surface area contributed by atoms with Gasteiger partial charge in [-0.2, -0.15) is 5.26 Å². The molecule has 0 saturated carbocycles. The van der Waals surface area contributed by atoms with Gasteiger partial charge in [0, 0.05) is 18.8 Å². The van der Waals surface area contributed by atoms with E-state index in [1.165, 1.54) is 6.42 Å². The van der Waals surface area contributed by atoms with Gasteiger partial charge in [0.25, 0.3) is 0 Å². The summed E-state index contributed by atoms with van der Waals surface area (Å²) in [6.45, 7) is 6.43. The Labute approximate surface area is 120 Å². The molecule has 0 bridgehead atoms. The summed E-state index contributed by atoms with van der Waals surface area (Å²) in [6, 6.07) is 9.23. The van der Waals surface area contributed by atoms with Crippen LogP contribution in [0.1, 0.15) is 25.8 Å². The Morgan fingerprint density at radius 1 is 1.30 bits per heavy atom. The Morgan fingerprint density at radius 3 is 2.45 bits per heavy atom. The first-order valence-corrected chi connectivity index (χ1v) is 7.10. The second-order valence-corrected chi connectivity index (χ2v) is 5.79. The minimum Gasteiger partial charge on any atom is -0.376 e. The molecule has 1 fully saturated rings. The molecule has 1 heterocycles. The normalized spacial score (nSPS) is 22.1. The Morgan fingerprint density at radius 2 is 1.90 bits per heavy atom. The lowest BCUT2D eigenvalue weighted by Gasteiger charge is -2.35.